The standard InChI is InChI=1S/C11H22N2O4/c1-11(2,3)17-10(16)8-13(7-5-12)6-4-9(14)15/h4-8,12H2,1-3H3,(H,14,15). The summed E-state index contributed by atoms with van der Waals surface area (Å²) in [7, 11) is 0. The van der Waals surface area contributed by atoms with Gasteiger partial charge < -0.3 is 15.6 Å². The van der Waals surface area contributed by atoms with E-state index in [4.69, 9.17) is 15.6 Å². The molecule has 0 aromatic carbocycles. The van der Waals surface area contributed by atoms with E-state index in [1.54, 1.807) is 25.7 Å². The van der Waals surface area contributed by atoms with Gasteiger partial charge >= 0.3 is 11.9 Å². The molecule has 0 bridgehead atoms. The van der Waals surface area contributed by atoms with Crippen LogP contribution in [0.1, 0.15) is 27.2 Å². The Balaban J connectivity index is 4.14. The molecule has 6 nitrogen and oxygen atoms in total. The molecule has 0 rings (SSSR count). The van der Waals surface area contributed by atoms with Gasteiger partial charge in [-0.25, -0.2) is 0 Å². The summed E-state index contributed by atoms with van der Waals surface area (Å²) in [6.45, 7) is 6.59. The monoisotopic (exact) mass is 246 g/mol. The zero-order valence-electron chi connectivity index (χ0n) is 10.7. The summed E-state index contributed by atoms with van der Waals surface area (Å²) in [5.74, 6) is -1.26. The molecule has 3 N–H and O–H groups in total. The van der Waals surface area contributed by atoms with Crippen LogP contribution in [-0.4, -0.2) is 53.7 Å². The fourth-order valence-corrected chi connectivity index (χ4v) is 1.26. The molecule has 0 aliphatic carbocycles. The Morgan fingerprint density at radius 1 is 1.29 bits per heavy atom. The maximum atomic E-state index is 11.5. The van der Waals surface area contributed by atoms with E-state index in [0.29, 0.717) is 19.6 Å². The summed E-state index contributed by atoms with van der Waals surface area (Å²) in [5, 5.41) is 8.58. The van der Waals surface area contributed by atoms with E-state index >= 15 is 0 Å². The van der Waals surface area contributed by atoms with Crippen molar-refractivity contribution in [3.8, 4) is 0 Å². The van der Waals surface area contributed by atoms with Crippen molar-refractivity contribution >= 4 is 11.9 Å². The average molecular weight is 246 g/mol. The SMILES string of the molecule is CC(C)(C)OC(=O)CN(CCN)CCC(=O)O. The highest BCUT2D eigenvalue weighted by atomic mass is 16.6. The van der Waals surface area contributed by atoms with Gasteiger partial charge in [0.1, 0.15) is 5.60 Å². The van der Waals surface area contributed by atoms with Crippen LogP contribution in [0.4, 0.5) is 0 Å². The van der Waals surface area contributed by atoms with Gasteiger partial charge in [0.15, 0.2) is 0 Å². The first-order valence-electron chi connectivity index (χ1n) is 5.60. The minimum atomic E-state index is -0.892. The molecular weight excluding hydrogens is 224 g/mol. The van der Waals surface area contributed by atoms with Crippen LogP contribution in [0.15, 0.2) is 0 Å². The van der Waals surface area contributed by atoms with E-state index in [1.807, 2.05) is 0 Å². The fraction of sp³-hybridized carbons (Fsp3) is 0.818. The number of aliphatic carboxylic acids is 1. The van der Waals surface area contributed by atoms with Crippen LogP contribution in [0.3, 0.4) is 0 Å². The molecule has 0 aromatic rings. The summed E-state index contributed by atoms with van der Waals surface area (Å²) in [5.41, 5.74) is 4.87. The van der Waals surface area contributed by atoms with Crippen LogP contribution in [0.2, 0.25) is 0 Å². The van der Waals surface area contributed by atoms with Crippen molar-refractivity contribution in [2.75, 3.05) is 26.2 Å². The number of hydrogen-bond acceptors (Lipinski definition) is 5. The number of ether oxygens (including phenoxy) is 1. The Labute approximate surface area is 102 Å². The lowest BCUT2D eigenvalue weighted by Gasteiger charge is -2.24. The van der Waals surface area contributed by atoms with Crippen molar-refractivity contribution in [3.63, 3.8) is 0 Å². The second kappa shape index (κ2) is 7.24. The number of carboxylic acids is 1. The van der Waals surface area contributed by atoms with Gasteiger partial charge in [0.05, 0.1) is 13.0 Å². The first kappa shape index (κ1) is 15.9. The first-order chi connectivity index (χ1) is 7.74. The molecule has 0 radical (unpaired) electrons. The van der Waals surface area contributed by atoms with Crippen LogP contribution < -0.4 is 5.73 Å². The van der Waals surface area contributed by atoms with Crippen molar-refractivity contribution in [1.29, 1.82) is 0 Å². The van der Waals surface area contributed by atoms with E-state index in [-0.39, 0.29) is 18.9 Å². The number of carboxylic acid groups (broad SMARTS) is 1. The Bertz CT molecular complexity index is 261. The second-order valence-corrected chi connectivity index (χ2v) is 4.80. The lowest BCUT2D eigenvalue weighted by molar-refractivity contribution is -0.156. The molecule has 0 aliphatic heterocycles. The normalized spacial score (nSPS) is 11.6. The third-order valence-electron chi connectivity index (χ3n) is 1.86. The number of rotatable bonds is 7. The Kier molecular flexibility index (Phi) is 6.75. The quantitative estimate of drug-likeness (QED) is 0.617. The van der Waals surface area contributed by atoms with E-state index in [1.165, 1.54) is 0 Å². The van der Waals surface area contributed by atoms with E-state index < -0.39 is 11.6 Å². The highest BCUT2D eigenvalue weighted by Gasteiger charge is 2.19. The minimum absolute atomic E-state index is 0.0111. The zero-order valence-corrected chi connectivity index (χ0v) is 10.7. The minimum Gasteiger partial charge on any atom is -0.481 e. The molecule has 0 aliphatic rings. The van der Waals surface area contributed by atoms with Crippen LogP contribution in [-0.2, 0) is 14.3 Å². The summed E-state index contributed by atoms with van der Waals surface area (Å²) in [6, 6.07) is 0. The fourth-order valence-electron chi connectivity index (χ4n) is 1.26. The van der Waals surface area contributed by atoms with E-state index in [0.717, 1.165) is 0 Å². The Morgan fingerprint density at radius 2 is 1.88 bits per heavy atom. The molecule has 0 fully saturated rings. The Hall–Kier alpha value is -1.14. The summed E-state index contributed by atoms with van der Waals surface area (Å²) >= 11 is 0. The molecule has 6 heteroatoms. The predicted molar refractivity (Wildman–Crippen MR) is 63.6 cm³/mol. The number of esters is 1. The largest absolute Gasteiger partial charge is 0.481 e. The molecule has 0 atom stereocenters. The molecule has 0 heterocycles. The van der Waals surface area contributed by atoms with Crippen molar-refractivity contribution in [2.24, 2.45) is 5.73 Å². The average Bonchev–Trinajstić information content (AvgIpc) is 2.11. The maximum Gasteiger partial charge on any atom is 0.320 e. The van der Waals surface area contributed by atoms with Gasteiger partial charge in [0, 0.05) is 19.6 Å². The highest BCUT2D eigenvalue weighted by Crippen LogP contribution is 2.07. The van der Waals surface area contributed by atoms with E-state index in [2.05, 4.69) is 0 Å². The van der Waals surface area contributed by atoms with Crippen LogP contribution in [0, 0.1) is 0 Å². The Morgan fingerprint density at radius 3 is 2.29 bits per heavy atom. The van der Waals surface area contributed by atoms with Crippen LogP contribution in [0.5, 0.6) is 0 Å². The number of nitrogens with zero attached hydrogens (tertiary/aromatic N) is 1. The van der Waals surface area contributed by atoms with Gasteiger partial charge in [-0.3, -0.25) is 14.5 Å². The lowest BCUT2D eigenvalue weighted by Crippen LogP contribution is -2.38. The number of nitrogens with two attached hydrogens (primary N) is 1. The van der Waals surface area contributed by atoms with E-state index in [9.17, 15) is 9.59 Å². The van der Waals surface area contributed by atoms with Gasteiger partial charge in [-0.2, -0.15) is 0 Å². The number of carbonyl (C=O) groups is 2. The van der Waals surface area contributed by atoms with Crippen LogP contribution >= 0.6 is 0 Å². The highest BCUT2D eigenvalue weighted by molar-refractivity contribution is 5.72. The maximum absolute atomic E-state index is 11.5. The third kappa shape index (κ3) is 9.77. The summed E-state index contributed by atoms with van der Waals surface area (Å²) < 4.78 is 5.15. The molecule has 100 valence electrons. The smallest absolute Gasteiger partial charge is 0.320 e. The lowest BCUT2D eigenvalue weighted by atomic mass is 10.2. The third-order valence-corrected chi connectivity index (χ3v) is 1.86. The number of carbonyl (C=O) groups excluding carboxylic acids is 1. The zero-order chi connectivity index (χ0) is 13.5. The molecule has 0 spiro atoms. The number of hydrogen-bond donors (Lipinski definition) is 2. The summed E-state index contributed by atoms with van der Waals surface area (Å²) in [6.07, 6.45) is -0.0111. The van der Waals surface area contributed by atoms with Crippen molar-refractivity contribution in [2.45, 2.75) is 32.8 Å². The predicted octanol–water partition coefficient (Wildman–Crippen LogP) is 0.0635. The van der Waals surface area contributed by atoms with Crippen molar-refractivity contribution in [1.82, 2.24) is 4.90 Å². The molecular formula is C11H22N2O4. The molecule has 0 saturated heterocycles. The molecule has 17 heavy (non-hydrogen) atoms. The molecule has 0 saturated carbocycles. The van der Waals surface area contributed by atoms with Crippen LogP contribution in [0.25, 0.3) is 0 Å². The van der Waals surface area contributed by atoms with Gasteiger partial charge in [-0.15, -0.1) is 0 Å². The van der Waals surface area contributed by atoms with Gasteiger partial charge in [0.2, 0.25) is 0 Å². The molecule has 0 aromatic heterocycles. The first-order valence-corrected chi connectivity index (χ1v) is 5.60. The summed E-state index contributed by atoms with van der Waals surface area (Å²) in [4.78, 5) is 23.7. The molecule has 0 amide bonds. The topological polar surface area (TPSA) is 92.9 Å². The van der Waals surface area contributed by atoms with Crippen molar-refractivity contribution in [3.05, 3.63) is 0 Å². The second-order valence-electron chi connectivity index (χ2n) is 4.80. The van der Waals surface area contributed by atoms with Gasteiger partial charge in [-0.1, -0.05) is 0 Å². The molecule has 0 unspecified atom stereocenters. The van der Waals surface area contributed by atoms with Crippen molar-refractivity contribution < 1.29 is 19.4 Å². The van der Waals surface area contributed by atoms with Gasteiger partial charge in [0.25, 0.3) is 0 Å². The van der Waals surface area contributed by atoms with Gasteiger partial charge in [-0.05, 0) is 20.8 Å².